The quantitative estimate of drug-likeness (QED) is 0.731. The standard InChI is InChI=1S/C12H19N2O/c1-11(13)14(9-10-15)8-7-12-5-3-2-4-6-12/h2-6,15H,7-10,13H2,1H3. The van der Waals surface area contributed by atoms with E-state index < -0.39 is 0 Å². The molecule has 0 aliphatic heterocycles. The molecule has 0 saturated carbocycles. The van der Waals surface area contributed by atoms with Gasteiger partial charge >= 0.3 is 0 Å². The fourth-order valence-electron chi connectivity index (χ4n) is 1.49. The number of rotatable bonds is 6. The van der Waals surface area contributed by atoms with Gasteiger partial charge in [0.25, 0.3) is 0 Å². The van der Waals surface area contributed by atoms with E-state index in [4.69, 9.17) is 10.8 Å². The first-order chi connectivity index (χ1) is 7.24. The van der Waals surface area contributed by atoms with Gasteiger partial charge < -0.3 is 10.8 Å². The van der Waals surface area contributed by atoms with Crippen LogP contribution in [0.3, 0.4) is 0 Å². The van der Waals surface area contributed by atoms with Gasteiger partial charge in [-0.25, -0.2) is 0 Å². The molecule has 3 nitrogen and oxygen atoms in total. The van der Waals surface area contributed by atoms with Crippen LogP contribution >= 0.6 is 0 Å². The summed E-state index contributed by atoms with van der Waals surface area (Å²) in [5.41, 5.74) is 7.01. The molecule has 1 aromatic rings. The Bertz CT molecular complexity index is 262. The van der Waals surface area contributed by atoms with Gasteiger partial charge in [-0.2, -0.15) is 0 Å². The van der Waals surface area contributed by atoms with Crippen molar-refractivity contribution in [3.8, 4) is 0 Å². The number of nitrogens with two attached hydrogens (primary N) is 1. The number of benzene rings is 1. The Morgan fingerprint density at radius 1 is 1.27 bits per heavy atom. The van der Waals surface area contributed by atoms with Gasteiger partial charge in [-0.05, 0) is 18.9 Å². The molecule has 0 aromatic heterocycles. The Morgan fingerprint density at radius 2 is 1.93 bits per heavy atom. The minimum atomic E-state index is 0.142. The van der Waals surface area contributed by atoms with Crippen molar-refractivity contribution in [2.45, 2.75) is 13.3 Å². The van der Waals surface area contributed by atoms with Crippen LogP contribution < -0.4 is 5.73 Å². The largest absolute Gasteiger partial charge is 0.395 e. The van der Waals surface area contributed by atoms with E-state index in [1.54, 1.807) is 0 Å². The summed E-state index contributed by atoms with van der Waals surface area (Å²) in [6, 6.07) is 10.3. The molecule has 0 bridgehead atoms. The zero-order chi connectivity index (χ0) is 11.1. The van der Waals surface area contributed by atoms with Gasteiger partial charge in [0.05, 0.1) is 12.8 Å². The topological polar surface area (TPSA) is 49.5 Å². The van der Waals surface area contributed by atoms with Crippen molar-refractivity contribution in [2.75, 3.05) is 19.7 Å². The van der Waals surface area contributed by atoms with Crippen molar-refractivity contribution in [3.05, 3.63) is 42.1 Å². The Hall–Kier alpha value is -0.900. The number of hydrogen-bond acceptors (Lipinski definition) is 3. The summed E-state index contributed by atoms with van der Waals surface area (Å²) < 4.78 is 0. The molecule has 0 aliphatic rings. The first kappa shape index (κ1) is 12.2. The van der Waals surface area contributed by atoms with E-state index in [1.165, 1.54) is 5.56 Å². The highest BCUT2D eigenvalue weighted by atomic mass is 16.3. The molecule has 1 radical (unpaired) electrons. The predicted octanol–water partition coefficient (Wildman–Crippen LogP) is 0.991. The SMILES string of the molecule is C[C](N)N(CCO)CCc1ccccc1. The van der Waals surface area contributed by atoms with Crippen LogP contribution in [0.5, 0.6) is 0 Å². The third-order valence-corrected chi connectivity index (χ3v) is 2.38. The van der Waals surface area contributed by atoms with E-state index >= 15 is 0 Å². The lowest BCUT2D eigenvalue weighted by molar-refractivity contribution is 0.203. The summed E-state index contributed by atoms with van der Waals surface area (Å²) in [6.45, 7) is 3.46. The van der Waals surface area contributed by atoms with E-state index in [9.17, 15) is 0 Å². The van der Waals surface area contributed by atoms with Crippen LogP contribution in [-0.2, 0) is 6.42 Å². The summed E-state index contributed by atoms with van der Waals surface area (Å²) in [7, 11) is 0. The van der Waals surface area contributed by atoms with Crippen LogP contribution in [0.15, 0.2) is 30.3 Å². The van der Waals surface area contributed by atoms with Gasteiger partial charge in [0.2, 0.25) is 0 Å². The van der Waals surface area contributed by atoms with Crippen LogP contribution in [0.25, 0.3) is 0 Å². The van der Waals surface area contributed by atoms with Gasteiger partial charge in [0, 0.05) is 13.1 Å². The molecule has 1 aromatic carbocycles. The predicted molar refractivity (Wildman–Crippen MR) is 61.9 cm³/mol. The van der Waals surface area contributed by atoms with Gasteiger partial charge in [-0.15, -0.1) is 0 Å². The third kappa shape index (κ3) is 4.42. The third-order valence-electron chi connectivity index (χ3n) is 2.38. The van der Waals surface area contributed by atoms with Crippen molar-refractivity contribution in [2.24, 2.45) is 5.73 Å². The lowest BCUT2D eigenvalue weighted by Crippen LogP contribution is -2.36. The monoisotopic (exact) mass is 207 g/mol. The van der Waals surface area contributed by atoms with Crippen molar-refractivity contribution in [1.82, 2.24) is 4.90 Å². The maximum Gasteiger partial charge on any atom is 0.0979 e. The summed E-state index contributed by atoms with van der Waals surface area (Å²) >= 11 is 0. The molecule has 0 atom stereocenters. The zero-order valence-electron chi connectivity index (χ0n) is 9.19. The number of hydrogen-bond donors (Lipinski definition) is 2. The molecule has 0 aliphatic carbocycles. The first-order valence-corrected chi connectivity index (χ1v) is 5.23. The Balaban J connectivity index is 2.40. The molecule has 83 valence electrons. The minimum Gasteiger partial charge on any atom is -0.395 e. The Labute approximate surface area is 91.5 Å². The summed E-state index contributed by atoms with van der Waals surface area (Å²) in [5.74, 6) is 0. The molecular weight excluding hydrogens is 188 g/mol. The lowest BCUT2D eigenvalue weighted by atomic mass is 10.1. The molecule has 0 unspecified atom stereocenters. The highest BCUT2D eigenvalue weighted by molar-refractivity contribution is 5.14. The van der Waals surface area contributed by atoms with E-state index in [0.29, 0.717) is 6.54 Å². The van der Waals surface area contributed by atoms with Crippen LogP contribution in [0.1, 0.15) is 12.5 Å². The smallest absolute Gasteiger partial charge is 0.0979 e. The highest BCUT2D eigenvalue weighted by Crippen LogP contribution is 2.04. The number of aliphatic hydroxyl groups is 1. The maximum absolute atomic E-state index is 8.87. The van der Waals surface area contributed by atoms with Gasteiger partial charge in [-0.1, -0.05) is 30.3 Å². The average molecular weight is 207 g/mol. The molecule has 0 amide bonds. The second-order valence-corrected chi connectivity index (χ2v) is 3.59. The summed E-state index contributed by atoms with van der Waals surface area (Å²) in [5, 5.41) is 8.87. The molecule has 0 heterocycles. The van der Waals surface area contributed by atoms with Crippen LogP contribution in [0, 0.1) is 6.17 Å². The van der Waals surface area contributed by atoms with E-state index in [1.807, 2.05) is 30.0 Å². The molecule has 1 rings (SSSR count). The Morgan fingerprint density at radius 3 is 2.47 bits per heavy atom. The molecule has 0 spiro atoms. The van der Waals surface area contributed by atoms with Crippen molar-refractivity contribution >= 4 is 0 Å². The van der Waals surface area contributed by atoms with Gasteiger partial charge in [0.1, 0.15) is 0 Å². The fraction of sp³-hybridized carbons (Fsp3) is 0.417. The Kier molecular flexibility index (Phi) is 5.32. The second-order valence-electron chi connectivity index (χ2n) is 3.59. The van der Waals surface area contributed by atoms with Crippen LogP contribution in [-0.4, -0.2) is 29.7 Å². The van der Waals surface area contributed by atoms with Gasteiger partial charge in [-0.3, -0.25) is 4.90 Å². The van der Waals surface area contributed by atoms with Crippen molar-refractivity contribution in [3.63, 3.8) is 0 Å². The molecule has 15 heavy (non-hydrogen) atoms. The highest BCUT2D eigenvalue weighted by Gasteiger charge is 2.09. The molecule has 3 N–H and O–H groups in total. The van der Waals surface area contributed by atoms with Crippen LogP contribution in [0.2, 0.25) is 0 Å². The summed E-state index contributed by atoms with van der Waals surface area (Å²) in [6.07, 6.45) is 1.72. The van der Waals surface area contributed by atoms with Crippen LogP contribution in [0.4, 0.5) is 0 Å². The number of aliphatic hydroxyl groups excluding tert-OH is 1. The summed E-state index contributed by atoms with van der Waals surface area (Å²) in [4.78, 5) is 1.99. The molecular formula is C12H19N2O. The zero-order valence-corrected chi connectivity index (χ0v) is 9.19. The minimum absolute atomic E-state index is 0.142. The average Bonchev–Trinajstić information content (AvgIpc) is 2.25. The van der Waals surface area contributed by atoms with E-state index in [2.05, 4.69) is 12.1 Å². The second kappa shape index (κ2) is 6.56. The van der Waals surface area contributed by atoms with Gasteiger partial charge in [0.15, 0.2) is 0 Å². The molecule has 0 saturated heterocycles. The fourth-order valence-corrected chi connectivity index (χ4v) is 1.49. The number of nitrogens with zero attached hydrogens (tertiary/aromatic N) is 1. The van der Waals surface area contributed by atoms with E-state index in [0.717, 1.165) is 19.1 Å². The molecule has 0 fully saturated rings. The molecule has 3 heteroatoms. The van der Waals surface area contributed by atoms with Crippen molar-refractivity contribution in [1.29, 1.82) is 0 Å². The first-order valence-electron chi connectivity index (χ1n) is 5.23. The lowest BCUT2D eigenvalue weighted by Gasteiger charge is -2.24. The normalized spacial score (nSPS) is 11.3. The van der Waals surface area contributed by atoms with Crippen molar-refractivity contribution < 1.29 is 5.11 Å². The van der Waals surface area contributed by atoms with E-state index in [-0.39, 0.29) is 6.61 Å². The maximum atomic E-state index is 8.87.